The molecule has 3 aromatic rings. The Morgan fingerprint density at radius 3 is 2.87 bits per heavy atom. The highest BCUT2D eigenvalue weighted by atomic mass is 16.2. The van der Waals surface area contributed by atoms with Crippen LogP contribution in [0.25, 0.3) is 21.9 Å². The molecule has 3 heterocycles. The molecule has 5 rings (SSSR count). The van der Waals surface area contributed by atoms with E-state index in [2.05, 4.69) is 24.0 Å². The summed E-state index contributed by atoms with van der Waals surface area (Å²) in [6.45, 7) is 4.48. The second-order valence-electron chi connectivity index (χ2n) is 8.63. The van der Waals surface area contributed by atoms with Crippen LogP contribution in [0, 0.1) is 5.92 Å². The minimum atomic E-state index is -0.0235. The lowest BCUT2D eigenvalue weighted by molar-refractivity contribution is 0.0683. The number of amides is 2. The Morgan fingerprint density at radius 1 is 1.17 bits per heavy atom. The molecule has 1 atom stereocenters. The van der Waals surface area contributed by atoms with Crippen LogP contribution < -0.4 is 0 Å². The van der Waals surface area contributed by atoms with Crippen molar-refractivity contribution in [3.63, 3.8) is 0 Å². The molecule has 2 aliphatic rings. The second kappa shape index (κ2) is 7.24. The Kier molecular flexibility index (Phi) is 4.54. The van der Waals surface area contributed by atoms with Crippen LogP contribution in [0.5, 0.6) is 0 Å². The van der Waals surface area contributed by atoms with Crippen LogP contribution in [0.4, 0.5) is 0 Å². The Balaban J connectivity index is 1.51. The third-order valence-electron chi connectivity index (χ3n) is 6.31. The van der Waals surface area contributed by atoms with E-state index in [0.717, 1.165) is 52.5 Å². The summed E-state index contributed by atoms with van der Waals surface area (Å²) in [5.41, 5.74) is 4.31. The molecule has 0 saturated carbocycles. The number of piperidine rings is 1. The van der Waals surface area contributed by atoms with Crippen LogP contribution in [0.15, 0.2) is 48.7 Å². The number of hydrogen-bond donors (Lipinski definition) is 0. The van der Waals surface area contributed by atoms with Gasteiger partial charge in [0, 0.05) is 49.6 Å². The number of aromatic nitrogens is 1. The number of hydrogen-bond acceptors (Lipinski definition) is 3. The zero-order chi connectivity index (χ0) is 20.8. The van der Waals surface area contributed by atoms with E-state index < -0.39 is 0 Å². The monoisotopic (exact) mass is 399 g/mol. The molecule has 2 aromatic carbocycles. The molecular weight excluding hydrogens is 374 g/mol. The Hall–Kier alpha value is -3.21. The Morgan fingerprint density at radius 2 is 2.03 bits per heavy atom. The molecular formula is C25H25N3O2. The van der Waals surface area contributed by atoms with E-state index in [1.807, 2.05) is 35.2 Å². The summed E-state index contributed by atoms with van der Waals surface area (Å²) in [7, 11) is 1.79. The normalized spacial score (nSPS) is 18.7. The van der Waals surface area contributed by atoms with E-state index in [1.165, 1.54) is 6.42 Å². The summed E-state index contributed by atoms with van der Waals surface area (Å²) in [6.07, 6.45) is 4.05. The van der Waals surface area contributed by atoms with E-state index in [0.29, 0.717) is 18.2 Å². The largest absolute Gasteiger partial charge is 0.338 e. The molecule has 5 nitrogen and oxygen atoms in total. The fourth-order valence-corrected chi connectivity index (χ4v) is 4.70. The molecule has 30 heavy (non-hydrogen) atoms. The Labute approximate surface area is 176 Å². The first kappa shape index (κ1) is 18.8. The minimum absolute atomic E-state index is 0.0235. The average molecular weight is 399 g/mol. The van der Waals surface area contributed by atoms with E-state index in [4.69, 9.17) is 0 Å². The predicted octanol–water partition coefficient (Wildman–Crippen LogP) is 4.36. The van der Waals surface area contributed by atoms with Gasteiger partial charge in [0.25, 0.3) is 11.8 Å². The van der Waals surface area contributed by atoms with Gasteiger partial charge in [-0.2, -0.15) is 0 Å². The van der Waals surface area contributed by atoms with Gasteiger partial charge in [0.2, 0.25) is 0 Å². The summed E-state index contributed by atoms with van der Waals surface area (Å²) < 4.78 is 0. The van der Waals surface area contributed by atoms with Crippen molar-refractivity contribution in [2.75, 3.05) is 20.1 Å². The highest BCUT2D eigenvalue weighted by Crippen LogP contribution is 2.32. The number of nitrogens with zero attached hydrogens (tertiary/aromatic N) is 3. The topological polar surface area (TPSA) is 53.5 Å². The van der Waals surface area contributed by atoms with Gasteiger partial charge in [0.15, 0.2) is 0 Å². The van der Waals surface area contributed by atoms with Crippen molar-refractivity contribution in [3.05, 3.63) is 65.5 Å². The average Bonchev–Trinajstić information content (AvgIpc) is 3.05. The summed E-state index contributed by atoms with van der Waals surface area (Å²) in [5.74, 6) is 0.659. The highest BCUT2D eigenvalue weighted by molar-refractivity contribution is 6.03. The van der Waals surface area contributed by atoms with Gasteiger partial charge in [0.1, 0.15) is 5.69 Å². The van der Waals surface area contributed by atoms with E-state index in [-0.39, 0.29) is 11.8 Å². The molecule has 0 radical (unpaired) electrons. The molecule has 2 amide bonds. The van der Waals surface area contributed by atoms with Crippen molar-refractivity contribution in [2.45, 2.75) is 26.3 Å². The van der Waals surface area contributed by atoms with Gasteiger partial charge in [-0.25, -0.2) is 0 Å². The Bertz CT molecular complexity index is 1170. The quantitative estimate of drug-likeness (QED) is 0.643. The fourth-order valence-electron chi connectivity index (χ4n) is 4.70. The van der Waals surface area contributed by atoms with Gasteiger partial charge in [-0.1, -0.05) is 31.2 Å². The zero-order valence-corrected chi connectivity index (χ0v) is 17.4. The molecule has 5 heteroatoms. The number of benzene rings is 2. The maximum atomic E-state index is 13.0. The van der Waals surface area contributed by atoms with Gasteiger partial charge in [-0.3, -0.25) is 14.6 Å². The number of carbonyl (C=O) groups excluding carboxylic acids is 2. The van der Waals surface area contributed by atoms with Gasteiger partial charge in [-0.05, 0) is 53.3 Å². The summed E-state index contributed by atoms with van der Waals surface area (Å²) in [5, 5.41) is 2.12. The lowest BCUT2D eigenvalue weighted by Gasteiger charge is -2.31. The molecule has 1 aromatic heterocycles. The minimum Gasteiger partial charge on any atom is -0.338 e. The van der Waals surface area contributed by atoms with E-state index >= 15 is 0 Å². The maximum Gasteiger partial charge on any atom is 0.272 e. The van der Waals surface area contributed by atoms with Crippen molar-refractivity contribution >= 4 is 22.6 Å². The van der Waals surface area contributed by atoms with Gasteiger partial charge in [-0.15, -0.1) is 0 Å². The molecule has 0 aliphatic carbocycles. The lowest BCUT2D eigenvalue weighted by atomic mass is 9.96. The molecule has 1 fully saturated rings. The molecule has 0 spiro atoms. The molecule has 2 aliphatic heterocycles. The molecule has 152 valence electrons. The first-order valence-electron chi connectivity index (χ1n) is 10.6. The van der Waals surface area contributed by atoms with Crippen molar-refractivity contribution in [1.82, 2.24) is 14.8 Å². The number of pyridine rings is 1. The van der Waals surface area contributed by atoms with Gasteiger partial charge >= 0.3 is 0 Å². The first-order valence-corrected chi connectivity index (χ1v) is 10.6. The van der Waals surface area contributed by atoms with Crippen molar-refractivity contribution in [1.29, 1.82) is 0 Å². The third kappa shape index (κ3) is 3.15. The molecule has 1 saturated heterocycles. The van der Waals surface area contributed by atoms with Gasteiger partial charge < -0.3 is 9.80 Å². The first-order chi connectivity index (χ1) is 14.5. The number of fused-ring (bicyclic) bond motifs is 2. The molecule has 0 unspecified atom stereocenters. The van der Waals surface area contributed by atoms with Crippen LogP contribution in [-0.2, 0) is 6.54 Å². The number of rotatable bonds is 2. The van der Waals surface area contributed by atoms with Gasteiger partial charge in [0.05, 0.1) is 0 Å². The lowest BCUT2D eigenvalue weighted by Crippen LogP contribution is -2.39. The summed E-state index contributed by atoms with van der Waals surface area (Å²) in [4.78, 5) is 33.3. The highest BCUT2D eigenvalue weighted by Gasteiger charge is 2.26. The fraction of sp³-hybridized carbons (Fsp3) is 0.320. The second-order valence-corrected chi connectivity index (χ2v) is 8.63. The SMILES string of the molecule is C[C@H]1CCCN(C(=O)c2ccc3c(-c4cnc5c(c4)CN(C)C5=O)cccc3c2)C1. The predicted molar refractivity (Wildman–Crippen MR) is 117 cm³/mol. The van der Waals surface area contributed by atoms with Crippen LogP contribution >= 0.6 is 0 Å². The van der Waals surface area contributed by atoms with Crippen molar-refractivity contribution in [3.8, 4) is 11.1 Å². The number of carbonyl (C=O) groups is 2. The van der Waals surface area contributed by atoms with Crippen LogP contribution in [-0.4, -0.2) is 46.7 Å². The van der Waals surface area contributed by atoms with Crippen LogP contribution in [0.3, 0.4) is 0 Å². The zero-order valence-electron chi connectivity index (χ0n) is 17.4. The van der Waals surface area contributed by atoms with E-state index in [9.17, 15) is 9.59 Å². The summed E-state index contributed by atoms with van der Waals surface area (Å²) >= 11 is 0. The number of likely N-dealkylation sites (tertiary alicyclic amines) is 1. The standard InChI is InChI=1S/C25H25N3O2/c1-16-5-4-10-28(14-16)24(29)18-8-9-22-17(11-18)6-3-7-21(22)19-12-20-15-27(2)25(30)23(20)26-13-19/h3,6-9,11-13,16H,4-5,10,14-15H2,1-2H3/t16-/m0/s1. The van der Waals surface area contributed by atoms with Crippen LogP contribution in [0.2, 0.25) is 0 Å². The van der Waals surface area contributed by atoms with E-state index in [1.54, 1.807) is 18.1 Å². The maximum absolute atomic E-state index is 13.0. The molecule has 0 bridgehead atoms. The van der Waals surface area contributed by atoms with Crippen molar-refractivity contribution < 1.29 is 9.59 Å². The smallest absolute Gasteiger partial charge is 0.272 e. The third-order valence-corrected chi connectivity index (χ3v) is 6.31. The summed E-state index contributed by atoms with van der Waals surface area (Å²) in [6, 6.07) is 14.2. The molecule has 0 N–H and O–H groups in total. The van der Waals surface area contributed by atoms with Crippen LogP contribution in [0.1, 0.15) is 46.2 Å². The van der Waals surface area contributed by atoms with Crippen molar-refractivity contribution in [2.24, 2.45) is 5.92 Å².